The van der Waals surface area contributed by atoms with E-state index in [1.165, 1.54) is 10.4 Å². The van der Waals surface area contributed by atoms with Gasteiger partial charge in [0.05, 0.1) is 5.69 Å². The molecule has 1 aromatic carbocycles. The zero-order valence-corrected chi connectivity index (χ0v) is 18.1. The van der Waals surface area contributed by atoms with Crippen LogP contribution in [0.3, 0.4) is 0 Å². The van der Waals surface area contributed by atoms with Gasteiger partial charge in [0.15, 0.2) is 0 Å². The molecule has 0 atom stereocenters. The summed E-state index contributed by atoms with van der Waals surface area (Å²) in [4.78, 5) is 28.6. The predicted octanol–water partition coefficient (Wildman–Crippen LogP) is 5.28. The summed E-state index contributed by atoms with van der Waals surface area (Å²) in [6.45, 7) is 3.87. The van der Waals surface area contributed by atoms with Crippen LogP contribution in [-0.4, -0.2) is 19.4 Å². The summed E-state index contributed by atoms with van der Waals surface area (Å²) in [5.41, 5.74) is 3.55. The first kappa shape index (κ1) is 19.0. The van der Waals surface area contributed by atoms with E-state index in [9.17, 15) is 4.79 Å². The van der Waals surface area contributed by atoms with Gasteiger partial charge in [0.1, 0.15) is 21.3 Å². The van der Waals surface area contributed by atoms with Crippen LogP contribution in [0.4, 0.5) is 0 Å². The SMILES string of the molecule is Cc1ccc2nc(CSc3nc(C)nc4sc(-c5ccccc5)cc34)cc(=O)n2c1. The number of benzene rings is 1. The number of thioether (sulfide) groups is 1. The van der Waals surface area contributed by atoms with Gasteiger partial charge in [-0.05, 0) is 37.1 Å². The molecular weight excluding hydrogens is 412 g/mol. The van der Waals surface area contributed by atoms with Crippen LogP contribution in [0.15, 0.2) is 70.6 Å². The van der Waals surface area contributed by atoms with Crippen LogP contribution in [0.1, 0.15) is 17.1 Å². The highest BCUT2D eigenvalue weighted by molar-refractivity contribution is 7.98. The van der Waals surface area contributed by atoms with Gasteiger partial charge in [-0.15, -0.1) is 11.3 Å². The van der Waals surface area contributed by atoms with Gasteiger partial charge in [-0.25, -0.2) is 15.0 Å². The summed E-state index contributed by atoms with van der Waals surface area (Å²) in [5.74, 6) is 1.32. The molecule has 0 saturated carbocycles. The zero-order chi connectivity index (χ0) is 20.7. The fourth-order valence-corrected chi connectivity index (χ4v) is 5.41. The largest absolute Gasteiger partial charge is 0.269 e. The van der Waals surface area contributed by atoms with Gasteiger partial charge in [-0.1, -0.05) is 48.2 Å². The number of thiophene rings is 1. The highest BCUT2D eigenvalue weighted by Gasteiger charge is 2.13. The minimum atomic E-state index is -0.0646. The van der Waals surface area contributed by atoms with Gasteiger partial charge in [0, 0.05) is 28.3 Å². The number of nitrogens with zero attached hydrogens (tertiary/aromatic N) is 4. The van der Waals surface area contributed by atoms with Crippen molar-refractivity contribution in [2.45, 2.75) is 24.6 Å². The number of fused-ring (bicyclic) bond motifs is 2. The number of hydrogen-bond acceptors (Lipinski definition) is 6. The van der Waals surface area contributed by atoms with Gasteiger partial charge < -0.3 is 0 Å². The van der Waals surface area contributed by atoms with E-state index < -0.39 is 0 Å². The normalized spacial score (nSPS) is 11.4. The molecule has 0 fully saturated rings. The van der Waals surface area contributed by atoms with E-state index in [2.05, 4.69) is 33.2 Å². The van der Waals surface area contributed by atoms with Gasteiger partial charge >= 0.3 is 0 Å². The summed E-state index contributed by atoms with van der Waals surface area (Å²) >= 11 is 3.26. The molecule has 4 aromatic heterocycles. The van der Waals surface area contributed by atoms with Crippen molar-refractivity contribution in [3.63, 3.8) is 0 Å². The first-order valence-corrected chi connectivity index (χ1v) is 11.3. The third-order valence-electron chi connectivity index (χ3n) is 4.75. The Morgan fingerprint density at radius 3 is 2.67 bits per heavy atom. The lowest BCUT2D eigenvalue weighted by Crippen LogP contribution is -2.15. The predicted molar refractivity (Wildman–Crippen MR) is 123 cm³/mol. The second-order valence-corrected chi connectivity index (χ2v) is 9.08. The molecule has 30 heavy (non-hydrogen) atoms. The van der Waals surface area contributed by atoms with Crippen molar-refractivity contribution in [1.82, 2.24) is 19.4 Å². The lowest BCUT2D eigenvalue weighted by molar-refractivity contribution is 0.994. The Bertz CT molecular complexity index is 1440. The van der Waals surface area contributed by atoms with Crippen molar-refractivity contribution in [3.8, 4) is 10.4 Å². The molecule has 0 saturated heterocycles. The van der Waals surface area contributed by atoms with Gasteiger partial charge in [0.25, 0.3) is 5.56 Å². The summed E-state index contributed by atoms with van der Waals surface area (Å²) in [7, 11) is 0. The molecule has 7 heteroatoms. The van der Waals surface area contributed by atoms with Gasteiger partial charge in [0.2, 0.25) is 0 Å². The molecule has 4 heterocycles. The van der Waals surface area contributed by atoms with Crippen LogP contribution in [-0.2, 0) is 5.75 Å². The Balaban J connectivity index is 1.49. The molecule has 0 bridgehead atoms. The van der Waals surface area contributed by atoms with Crippen molar-refractivity contribution < 1.29 is 0 Å². The average molecular weight is 431 g/mol. The number of aromatic nitrogens is 4. The minimum Gasteiger partial charge on any atom is -0.269 e. The van der Waals surface area contributed by atoms with E-state index >= 15 is 0 Å². The molecule has 0 amide bonds. The molecule has 5 nitrogen and oxygen atoms in total. The molecular formula is C23H18N4OS2. The maximum absolute atomic E-state index is 12.5. The smallest absolute Gasteiger partial charge is 0.258 e. The highest BCUT2D eigenvalue weighted by Crippen LogP contribution is 2.37. The van der Waals surface area contributed by atoms with E-state index in [0.29, 0.717) is 11.4 Å². The molecule has 0 radical (unpaired) electrons. The monoisotopic (exact) mass is 430 g/mol. The van der Waals surface area contributed by atoms with Gasteiger partial charge in [-0.3, -0.25) is 9.20 Å². The topological polar surface area (TPSA) is 60.2 Å². The Kier molecular flexibility index (Phi) is 4.84. The Hall–Kier alpha value is -3.03. The standard InChI is InChI=1S/C23H18N4OS2/c1-14-8-9-20-26-17(10-21(28)27(20)12-14)13-29-22-18-11-19(16-6-4-3-5-7-16)30-23(18)25-15(2)24-22/h3-12H,13H2,1-2H3. The quantitative estimate of drug-likeness (QED) is 0.287. The number of hydrogen-bond donors (Lipinski definition) is 0. The van der Waals surface area contributed by atoms with Crippen LogP contribution in [0.5, 0.6) is 0 Å². The second-order valence-electron chi connectivity index (χ2n) is 7.08. The van der Waals surface area contributed by atoms with E-state index in [1.807, 2.05) is 50.4 Å². The van der Waals surface area contributed by atoms with Crippen molar-refractivity contribution >= 4 is 39.0 Å². The van der Waals surface area contributed by atoms with Crippen LogP contribution in [0.2, 0.25) is 0 Å². The molecule has 5 aromatic rings. The fourth-order valence-electron chi connectivity index (χ4n) is 3.33. The Morgan fingerprint density at radius 1 is 1.00 bits per heavy atom. The van der Waals surface area contributed by atoms with Gasteiger partial charge in [-0.2, -0.15) is 0 Å². The van der Waals surface area contributed by atoms with Crippen LogP contribution >= 0.6 is 23.1 Å². The molecule has 0 spiro atoms. The first-order valence-electron chi connectivity index (χ1n) is 9.52. The van der Waals surface area contributed by atoms with Crippen LogP contribution < -0.4 is 5.56 Å². The lowest BCUT2D eigenvalue weighted by Gasteiger charge is -2.06. The molecule has 0 aliphatic carbocycles. The maximum Gasteiger partial charge on any atom is 0.258 e. The van der Waals surface area contributed by atoms with Crippen LogP contribution in [0.25, 0.3) is 26.3 Å². The number of rotatable bonds is 4. The van der Waals surface area contributed by atoms with Crippen molar-refractivity contribution in [2.75, 3.05) is 0 Å². The highest BCUT2D eigenvalue weighted by atomic mass is 32.2. The van der Waals surface area contributed by atoms with E-state index in [-0.39, 0.29) is 5.56 Å². The third kappa shape index (κ3) is 3.62. The van der Waals surface area contributed by atoms with Crippen molar-refractivity contribution in [1.29, 1.82) is 0 Å². The van der Waals surface area contributed by atoms with E-state index in [4.69, 9.17) is 0 Å². The number of pyridine rings is 1. The summed E-state index contributed by atoms with van der Waals surface area (Å²) < 4.78 is 1.58. The molecule has 0 aliphatic heterocycles. The lowest BCUT2D eigenvalue weighted by atomic mass is 10.2. The van der Waals surface area contributed by atoms with Crippen LogP contribution in [0, 0.1) is 13.8 Å². The molecule has 0 N–H and O–H groups in total. The second kappa shape index (κ2) is 7.66. The van der Waals surface area contributed by atoms with E-state index in [0.717, 1.165) is 32.3 Å². The Labute approximate surface area is 181 Å². The minimum absolute atomic E-state index is 0.0646. The molecule has 148 valence electrons. The maximum atomic E-state index is 12.5. The summed E-state index contributed by atoms with van der Waals surface area (Å²) in [6, 6.07) is 17.9. The average Bonchev–Trinajstić information content (AvgIpc) is 3.17. The molecule has 5 rings (SSSR count). The first-order chi connectivity index (χ1) is 14.6. The fraction of sp³-hybridized carbons (Fsp3) is 0.130. The Morgan fingerprint density at radius 2 is 1.83 bits per heavy atom. The zero-order valence-electron chi connectivity index (χ0n) is 16.5. The number of aryl methyl sites for hydroxylation is 2. The summed E-state index contributed by atoms with van der Waals surface area (Å²) in [5, 5.41) is 1.96. The molecule has 0 aliphatic rings. The third-order valence-corrected chi connectivity index (χ3v) is 6.85. The van der Waals surface area contributed by atoms with Crippen molar-refractivity contribution in [3.05, 3.63) is 88.2 Å². The summed E-state index contributed by atoms with van der Waals surface area (Å²) in [6.07, 6.45) is 1.81. The molecule has 0 unspecified atom stereocenters. The van der Waals surface area contributed by atoms with E-state index in [1.54, 1.807) is 33.6 Å². The van der Waals surface area contributed by atoms with Crippen molar-refractivity contribution in [2.24, 2.45) is 0 Å².